The summed E-state index contributed by atoms with van der Waals surface area (Å²) in [6, 6.07) is 7.77. The lowest BCUT2D eigenvalue weighted by molar-refractivity contribution is 0.223. The highest BCUT2D eigenvalue weighted by Crippen LogP contribution is 2.30. The van der Waals surface area contributed by atoms with Crippen molar-refractivity contribution in [2.45, 2.75) is 5.50 Å². The molecule has 1 saturated heterocycles. The van der Waals surface area contributed by atoms with Crippen molar-refractivity contribution in [3.8, 4) is 0 Å². The Labute approximate surface area is 100 Å². The third kappa shape index (κ3) is 2.64. The third-order valence-electron chi connectivity index (χ3n) is 2.63. The van der Waals surface area contributed by atoms with Crippen LogP contribution >= 0.6 is 23.2 Å². The van der Waals surface area contributed by atoms with Gasteiger partial charge in [0.2, 0.25) is 0 Å². The number of nitrogens with one attached hydrogen (secondary N) is 1. The van der Waals surface area contributed by atoms with Gasteiger partial charge in [0.25, 0.3) is 0 Å². The first-order valence-electron chi connectivity index (χ1n) is 5.12. The molecule has 0 aliphatic carbocycles. The van der Waals surface area contributed by atoms with Crippen molar-refractivity contribution in [3.05, 3.63) is 34.9 Å². The molecule has 0 saturated carbocycles. The molecular weight excluding hydrogens is 231 g/mol. The van der Waals surface area contributed by atoms with Crippen LogP contribution < -0.4 is 5.32 Å². The number of benzene rings is 1. The van der Waals surface area contributed by atoms with Crippen LogP contribution in [0.5, 0.6) is 0 Å². The number of rotatable bonds is 2. The van der Waals surface area contributed by atoms with Gasteiger partial charge in [-0.3, -0.25) is 4.90 Å². The molecule has 0 radical (unpaired) electrons. The van der Waals surface area contributed by atoms with Crippen LogP contribution in [0.25, 0.3) is 0 Å². The first-order chi connectivity index (χ1) is 7.29. The quantitative estimate of drug-likeness (QED) is 0.636. The minimum absolute atomic E-state index is 0.110. The maximum absolute atomic E-state index is 6.40. The summed E-state index contributed by atoms with van der Waals surface area (Å²) in [6.07, 6.45) is 0. The summed E-state index contributed by atoms with van der Waals surface area (Å²) in [7, 11) is 0. The van der Waals surface area contributed by atoms with Crippen LogP contribution in [0.2, 0.25) is 5.02 Å². The molecule has 82 valence electrons. The van der Waals surface area contributed by atoms with Gasteiger partial charge >= 0.3 is 0 Å². The second kappa shape index (κ2) is 5.17. The minimum Gasteiger partial charge on any atom is -0.314 e. The Morgan fingerprint density at radius 3 is 2.53 bits per heavy atom. The zero-order chi connectivity index (χ0) is 10.7. The molecule has 1 aliphatic rings. The number of alkyl halides is 1. The number of halogens is 2. The van der Waals surface area contributed by atoms with E-state index in [1.165, 1.54) is 0 Å². The molecule has 1 aliphatic heterocycles. The number of hydrogen-bond acceptors (Lipinski definition) is 2. The molecule has 0 aromatic heterocycles. The molecular formula is C11H14Cl2N2. The van der Waals surface area contributed by atoms with Crippen molar-refractivity contribution in [2.24, 2.45) is 0 Å². The van der Waals surface area contributed by atoms with E-state index in [-0.39, 0.29) is 5.50 Å². The van der Waals surface area contributed by atoms with Crippen molar-refractivity contribution in [1.82, 2.24) is 10.2 Å². The summed E-state index contributed by atoms with van der Waals surface area (Å²) in [5.74, 6) is 0. The predicted octanol–water partition coefficient (Wildman–Crippen LogP) is 2.48. The standard InChI is InChI=1S/C11H14Cl2N2/c12-10-4-2-1-3-9(10)11(13)15-7-5-14-6-8-15/h1-4,11,14H,5-8H2. The van der Waals surface area contributed by atoms with Crippen LogP contribution in [0, 0.1) is 0 Å². The summed E-state index contributed by atoms with van der Waals surface area (Å²) in [5, 5.41) is 4.05. The lowest BCUT2D eigenvalue weighted by Crippen LogP contribution is -2.43. The van der Waals surface area contributed by atoms with E-state index >= 15 is 0 Å². The van der Waals surface area contributed by atoms with Crippen molar-refractivity contribution in [1.29, 1.82) is 0 Å². The molecule has 1 atom stereocenters. The summed E-state index contributed by atoms with van der Waals surface area (Å²) < 4.78 is 0. The van der Waals surface area contributed by atoms with Crippen LogP contribution in [0.15, 0.2) is 24.3 Å². The van der Waals surface area contributed by atoms with Gasteiger partial charge in [-0.1, -0.05) is 29.8 Å². The van der Waals surface area contributed by atoms with Gasteiger partial charge in [-0.2, -0.15) is 0 Å². The Bertz CT molecular complexity index is 324. The molecule has 1 N–H and O–H groups in total. The van der Waals surface area contributed by atoms with E-state index in [1.807, 2.05) is 24.3 Å². The van der Waals surface area contributed by atoms with Gasteiger partial charge in [-0.05, 0) is 6.07 Å². The van der Waals surface area contributed by atoms with E-state index in [4.69, 9.17) is 23.2 Å². The van der Waals surface area contributed by atoms with Crippen molar-refractivity contribution < 1.29 is 0 Å². The van der Waals surface area contributed by atoms with Gasteiger partial charge in [0, 0.05) is 36.8 Å². The molecule has 4 heteroatoms. The largest absolute Gasteiger partial charge is 0.314 e. The molecule has 0 bridgehead atoms. The van der Waals surface area contributed by atoms with Gasteiger partial charge in [0.05, 0.1) is 0 Å². The van der Waals surface area contributed by atoms with Crippen LogP contribution in [0.3, 0.4) is 0 Å². The lowest BCUT2D eigenvalue weighted by atomic mass is 10.2. The van der Waals surface area contributed by atoms with E-state index in [1.54, 1.807) is 0 Å². The van der Waals surface area contributed by atoms with E-state index in [9.17, 15) is 0 Å². The van der Waals surface area contributed by atoms with Crippen LogP contribution in [-0.2, 0) is 0 Å². The fourth-order valence-electron chi connectivity index (χ4n) is 1.77. The fourth-order valence-corrected chi connectivity index (χ4v) is 2.45. The van der Waals surface area contributed by atoms with E-state index < -0.39 is 0 Å². The van der Waals surface area contributed by atoms with Gasteiger partial charge in [0.15, 0.2) is 0 Å². The maximum Gasteiger partial charge on any atom is 0.112 e. The van der Waals surface area contributed by atoms with Crippen molar-refractivity contribution in [3.63, 3.8) is 0 Å². The molecule has 1 unspecified atom stereocenters. The first kappa shape index (κ1) is 11.2. The summed E-state index contributed by atoms with van der Waals surface area (Å²) in [5.41, 5.74) is 0.892. The predicted molar refractivity (Wildman–Crippen MR) is 64.5 cm³/mol. The topological polar surface area (TPSA) is 15.3 Å². The first-order valence-corrected chi connectivity index (χ1v) is 5.94. The molecule has 1 fully saturated rings. The monoisotopic (exact) mass is 244 g/mol. The van der Waals surface area contributed by atoms with Gasteiger partial charge in [0.1, 0.15) is 5.50 Å². The molecule has 0 spiro atoms. The number of hydrogen-bond donors (Lipinski definition) is 1. The maximum atomic E-state index is 6.40. The molecule has 1 aromatic carbocycles. The molecule has 1 aromatic rings. The van der Waals surface area contributed by atoms with Gasteiger partial charge in [-0.15, -0.1) is 11.6 Å². The third-order valence-corrected chi connectivity index (χ3v) is 3.49. The number of piperazine rings is 1. The Hall–Kier alpha value is -0.280. The Morgan fingerprint density at radius 1 is 1.20 bits per heavy atom. The molecule has 0 amide bonds. The normalized spacial score (nSPS) is 20.1. The number of nitrogens with zero attached hydrogens (tertiary/aromatic N) is 1. The Kier molecular flexibility index (Phi) is 3.87. The van der Waals surface area contributed by atoms with Gasteiger partial charge < -0.3 is 5.32 Å². The smallest absolute Gasteiger partial charge is 0.112 e. The fraction of sp³-hybridized carbons (Fsp3) is 0.455. The molecule has 2 rings (SSSR count). The van der Waals surface area contributed by atoms with Crippen molar-refractivity contribution in [2.75, 3.05) is 26.2 Å². The Balaban J connectivity index is 2.12. The SMILES string of the molecule is Clc1ccccc1C(Cl)N1CCNCC1. The molecule has 1 heterocycles. The second-order valence-corrected chi connectivity index (χ2v) is 4.46. The zero-order valence-electron chi connectivity index (χ0n) is 8.42. The Morgan fingerprint density at radius 2 is 1.87 bits per heavy atom. The summed E-state index contributed by atoms with van der Waals surface area (Å²) in [6.45, 7) is 3.93. The second-order valence-electron chi connectivity index (χ2n) is 3.64. The minimum atomic E-state index is -0.110. The van der Waals surface area contributed by atoms with Gasteiger partial charge in [-0.25, -0.2) is 0 Å². The highest BCUT2D eigenvalue weighted by molar-refractivity contribution is 6.32. The zero-order valence-corrected chi connectivity index (χ0v) is 9.93. The van der Waals surface area contributed by atoms with E-state index in [0.717, 1.165) is 36.8 Å². The lowest BCUT2D eigenvalue weighted by Gasteiger charge is -2.31. The van der Waals surface area contributed by atoms with Crippen LogP contribution in [-0.4, -0.2) is 31.1 Å². The highest BCUT2D eigenvalue weighted by Gasteiger charge is 2.21. The summed E-state index contributed by atoms with van der Waals surface area (Å²) in [4.78, 5) is 2.24. The van der Waals surface area contributed by atoms with E-state index in [2.05, 4.69) is 10.2 Å². The average Bonchev–Trinajstić information content (AvgIpc) is 2.30. The highest BCUT2D eigenvalue weighted by atomic mass is 35.5. The average molecular weight is 245 g/mol. The molecule has 2 nitrogen and oxygen atoms in total. The van der Waals surface area contributed by atoms with Crippen LogP contribution in [0.4, 0.5) is 0 Å². The van der Waals surface area contributed by atoms with Crippen LogP contribution in [0.1, 0.15) is 11.1 Å². The molecule has 15 heavy (non-hydrogen) atoms. The van der Waals surface area contributed by atoms with E-state index in [0.29, 0.717) is 0 Å². The summed E-state index contributed by atoms with van der Waals surface area (Å²) >= 11 is 12.5. The van der Waals surface area contributed by atoms with Crippen molar-refractivity contribution >= 4 is 23.2 Å².